The summed E-state index contributed by atoms with van der Waals surface area (Å²) in [6.45, 7) is 3.18. The van der Waals surface area contributed by atoms with Crippen LogP contribution >= 0.6 is 0 Å². The van der Waals surface area contributed by atoms with E-state index in [-0.39, 0.29) is 11.8 Å². The van der Waals surface area contributed by atoms with E-state index in [9.17, 15) is 4.79 Å². The predicted molar refractivity (Wildman–Crippen MR) is 107 cm³/mol. The molecule has 1 saturated carbocycles. The van der Waals surface area contributed by atoms with Gasteiger partial charge in [0.2, 0.25) is 5.91 Å². The first-order chi connectivity index (χ1) is 13.3. The summed E-state index contributed by atoms with van der Waals surface area (Å²) in [4.78, 5) is 12.4. The van der Waals surface area contributed by atoms with Gasteiger partial charge in [-0.15, -0.1) is 0 Å². The summed E-state index contributed by atoms with van der Waals surface area (Å²) in [5.74, 6) is 1.50. The Bertz CT molecular complexity index is 799. The van der Waals surface area contributed by atoms with Gasteiger partial charge < -0.3 is 15.4 Å². The Morgan fingerprint density at radius 3 is 2.67 bits per heavy atom. The van der Waals surface area contributed by atoms with E-state index in [0.29, 0.717) is 19.1 Å². The minimum atomic E-state index is 0.114. The van der Waals surface area contributed by atoms with Gasteiger partial charge in [-0.2, -0.15) is 0 Å². The van der Waals surface area contributed by atoms with E-state index in [4.69, 9.17) is 4.74 Å². The van der Waals surface area contributed by atoms with E-state index < -0.39 is 0 Å². The Kier molecular flexibility index (Phi) is 5.54. The number of hydrogen-bond donors (Lipinski definition) is 2. The van der Waals surface area contributed by atoms with Crippen LogP contribution in [0.5, 0.6) is 5.75 Å². The molecule has 1 heterocycles. The summed E-state index contributed by atoms with van der Waals surface area (Å²) >= 11 is 0. The van der Waals surface area contributed by atoms with Crippen molar-refractivity contribution < 1.29 is 9.53 Å². The minimum absolute atomic E-state index is 0.114. The Morgan fingerprint density at radius 2 is 1.93 bits per heavy atom. The third kappa shape index (κ3) is 4.77. The molecule has 0 saturated heterocycles. The maximum absolute atomic E-state index is 12.4. The quantitative estimate of drug-likeness (QED) is 0.742. The summed E-state index contributed by atoms with van der Waals surface area (Å²) < 4.78 is 5.84. The molecule has 2 aromatic carbocycles. The fraction of sp³-hybridized carbons (Fsp3) is 0.348. The fourth-order valence-corrected chi connectivity index (χ4v) is 3.57. The third-order valence-corrected chi connectivity index (χ3v) is 5.33. The standard InChI is InChI=1S/C23H26N2O2/c26-23(25-15-17-10-12-24-13-11-17)22-14-21(22)19-6-8-20(9-7-19)27-16-18-4-2-1-3-5-18/h1-10,21-22,24H,11-16H2,(H,25,26). The van der Waals surface area contributed by atoms with Gasteiger partial charge in [-0.3, -0.25) is 4.79 Å². The molecule has 4 heteroatoms. The lowest BCUT2D eigenvalue weighted by atomic mass is 10.1. The van der Waals surface area contributed by atoms with Crippen LogP contribution in [0.1, 0.15) is 29.9 Å². The number of rotatable bonds is 7. The highest BCUT2D eigenvalue weighted by Crippen LogP contribution is 2.47. The maximum Gasteiger partial charge on any atom is 0.224 e. The first-order valence-electron chi connectivity index (χ1n) is 9.72. The zero-order chi connectivity index (χ0) is 18.5. The molecule has 0 spiro atoms. The Balaban J connectivity index is 1.25. The first kappa shape index (κ1) is 17.8. The number of benzene rings is 2. The van der Waals surface area contributed by atoms with Crippen LogP contribution in [0.3, 0.4) is 0 Å². The summed E-state index contributed by atoms with van der Waals surface area (Å²) in [5.41, 5.74) is 3.71. The van der Waals surface area contributed by atoms with E-state index in [1.807, 2.05) is 30.3 Å². The normalized spacial score (nSPS) is 21.3. The lowest BCUT2D eigenvalue weighted by Gasteiger charge is -2.14. The molecule has 1 aliphatic heterocycles. The van der Waals surface area contributed by atoms with E-state index in [1.165, 1.54) is 11.1 Å². The topological polar surface area (TPSA) is 50.4 Å². The second-order valence-corrected chi connectivity index (χ2v) is 7.33. The van der Waals surface area contributed by atoms with Gasteiger partial charge >= 0.3 is 0 Å². The molecule has 4 nitrogen and oxygen atoms in total. The van der Waals surface area contributed by atoms with Gasteiger partial charge in [-0.05, 0) is 48.6 Å². The molecule has 1 fully saturated rings. The summed E-state index contributed by atoms with van der Waals surface area (Å²) in [7, 11) is 0. The van der Waals surface area contributed by atoms with Crippen molar-refractivity contribution >= 4 is 5.91 Å². The van der Waals surface area contributed by atoms with Gasteiger partial charge in [-0.25, -0.2) is 0 Å². The molecular formula is C23H26N2O2. The van der Waals surface area contributed by atoms with Crippen LogP contribution in [0.15, 0.2) is 66.2 Å². The van der Waals surface area contributed by atoms with Crippen LogP contribution in [0, 0.1) is 5.92 Å². The number of hydrogen-bond acceptors (Lipinski definition) is 3. The molecule has 2 atom stereocenters. The fourth-order valence-electron chi connectivity index (χ4n) is 3.57. The molecular weight excluding hydrogens is 336 g/mol. The molecule has 1 amide bonds. The lowest BCUT2D eigenvalue weighted by Crippen LogP contribution is -2.30. The van der Waals surface area contributed by atoms with Gasteiger partial charge in [-0.1, -0.05) is 54.1 Å². The number of ether oxygens (including phenoxy) is 1. The van der Waals surface area contributed by atoms with Crippen molar-refractivity contribution in [1.29, 1.82) is 0 Å². The van der Waals surface area contributed by atoms with Crippen LogP contribution in [0.25, 0.3) is 0 Å². The van der Waals surface area contributed by atoms with Gasteiger partial charge in [0.25, 0.3) is 0 Å². The van der Waals surface area contributed by atoms with Gasteiger partial charge in [0.15, 0.2) is 0 Å². The largest absolute Gasteiger partial charge is 0.489 e. The van der Waals surface area contributed by atoms with Crippen molar-refractivity contribution in [2.75, 3.05) is 19.6 Å². The number of carbonyl (C=O) groups is 1. The highest BCUT2D eigenvalue weighted by molar-refractivity contribution is 5.83. The van der Waals surface area contributed by atoms with Gasteiger partial charge in [0.05, 0.1) is 0 Å². The highest BCUT2D eigenvalue weighted by atomic mass is 16.5. The Morgan fingerprint density at radius 1 is 1.11 bits per heavy atom. The molecule has 27 heavy (non-hydrogen) atoms. The molecule has 0 aromatic heterocycles. The van der Waals surface area contributed by atoms with Crippen molar-refractivity contribution in [3.8, 4) is 5.75 Å². The van der Waals surface area contributed by atoms with E-state index in [0.717, 1.165) is 37.2 Å². The second kappa shape index (κ2) is 8.40. The summed E-state index contributed by atoms with van der Waals surface area (Å²) in [6.07, 6.45) is 4.15. The van der Waals surface area contributed by atoms with Crippen LogP contribution in [-0.4, -0.2) is 25.5 Å². The molecule has 2 aromatic rings. The van der Waals surface area contributed by atoms with Crippen LogP contribution < -0.4 is 15.4 Å². The molecule has 4 rings (SSSR count). The molecule has 0 bridgehead atoms. The molecule has 2 N–H and O–H groups in total. The maximum atomic E-state index is 12.4. The number of carbonyl (C=O) groups excluding carboxylic acids is 1. The van der Waals surface area contributed by atoms with Crippen molar-refractivity contribution in [2.45, 2.75) is 25.4 Å². The molecule has 1 aliphatic carbocycles. The van der Waals surface area contributed by atoms with E-state index in [1.54, 1.807) is 0 Å². The average Bonchev–Trinajstić information content (AvgIpc) is 3.53. The Labute approximate surface area is 160 Å². The molecule has 2 unspecified atom stereocenters. The molecule has 140 valence electrons. The monoisotopic (exact) mass is 362 g/mol. The van der Waals surface area contributed by atoms with Crippen molar-refractivity contribution in [1.82, 2.24) is 10.6 Å². The molecule has 0 radical (unpaired) electrons. The lowest BCUT2D eigenvalue weighted by molar-refractivity contribution is -0.122. The van der Waals surface area contributed by atoms with E-state index >= 15 is 0 Å². The van der Waals surface area contributed by atoms with Gasteiger partial charge in [0.1, 0.15) is 12.4 Å². The average molecular weight is 362 g/mol. The Hall–Kier alpha value is -2.59. The predicted octanol–water partition coefficient (Wildman–Crippen LogP) is 3.41. The number of amides is 1. The molecule has 2 aliphatic rings. The summed E-state index contributed by atoms with van der Waals surface area (Å²) in [5, 5.41) is 6.39. The number of nitrogens with one attached hydrogen (secondary N) is 2. The second-order valence-electron chi connectivity index (χ2n) is 7.33. The minimum Gasteiger partial charge on any atom is -0.489 e. The smallest absolute Gasteiger partial charge is 0.224 e. The third-order valence-electron chi connectivity index (χ3n) is 5.33. The summed E-state index contributed by atoms with van der Waals surface area (Å²) in [6, 6.07) is 18.3. The van der Waals surface area contributed by atoms with Crippen molar-refractivity contribution in [2.24, 2.45) is 5.92 Å². The van der Waals surface area contributed by atoms with Crippen LogP contribution in [0.4, 0.5) is 0 Å². The van der Waals surface area contributed by atoms with Gasteiger partial charge in [0, 0.05) is 19.0 Å². The van der Waals surface area contributed by atoms with Crippen LogP contribution in [0.2, 0.25) is 0 Å². The zero-order valence-corrected chi connectivity index (χ0v) is 15.5. The first-order valence-corrected chi connectivity index (χ1v) is 9.72. The van der Waals surface area contributed by atoms with Crippen molar-refractivity contribution in [3.05, 3.63) is 77.4 Å². The zero-order valence-electron chi connectivity index (χ0n) is 15.5. The van der Waals surface area contributed by atoms with Crippen LogP contribution in [-0.2, 0) is 11.4 Å². The highest BCUT2D eigenvalue weighted by Gasteiger charge is 2.43. The van der Waals surface area contributed by atoms with E-state index in [2.05, 4.69) is 41.0 Å². The van der Waals surface area contributed by atoms with Crippen molar-refractivity contribution in [3.63, 3.8) is 0 Å². The SMILES string of the molecule is O=C(NCC1=CCNCC1)C1CC1c1ccc(OCc2ccccc2)cc1.